The van der Waals surface area contributed by atoms with Crippen LogP contribution in [0.15, 0.2) is 157 Å². The molecule has 0 saturated heterocycles. The third kappa shape index (κ3) is 4.26. The first-order valence-electron chi connectivity index (χ1n) is 16.1. The second kappa shape index (κ2) is 11.3. The highest BCUT2D eigenvalue weighted by molar-refractivity contribution is 6.14. The van der Waals surface area contributed by atoms with E-state index in [0.29, 0.717) is 27.8 Å². The first kappa shape index (κ1) is 28.6. The molecule has 228 valence electrons. The van der Waals surface area contributed by atoms with Gasteiger partial charge in [-0.3, -0.25) is 0 Å². The van der Waals surface area contributed by atoms with Crippen molar-refractivity contribution in [2.24, 2.45) is 0 Å². The molecular weight excluding hydrogens is 611 g/mol. The highest BCUT2D eigenvalue weighted by Gasteiger charge is 2.24. The SMILES string of the molecule is N#CC1=C(c2cc(C#N)ccc2-n2c3ccccc3c3cc(C#N)ccc32)C(c2cccc(-n3c4ccccc4c4ccccc43)c2)=C=C=C1. The zero-order valence-electron chi connectivity index (χ0n) is 26.5. The summed E-state index contributed by atoms with van der Waals surface area (Å²) in [6, 6.07) is 51.4. The molecule has 0 aliphatic heterocycles. The van der Waals surface area contributed by atoms with Gasteiger partial charge in [0.25, 0.3) is 0 Å². The number of fused-ring (bicyclic) bond motifs is 6. The van der Waals surface area contributed by atoms with Gasteiger partial charge in [0.2, 0.25) is 0 Å². The van der Waals surface area contributed by atoms with Crippen LogP contribution in [0, 0.1) is 34.0 Å². The number of benzene rings is 6. The van der Waals surface area contributed by atoms with E-state index in [-0.39, 0.29) is 0 Å². The summed E-state index contributed by atoms with van der Waals surface area (Å²) in [4.78, 5) is 0. The van der Waals surface area contributed by atoms with Gasteiger partial charge >= 0.3 is 0 Å². The van der Waals surface area contributed by atoms with Gasteiger partial charge in [-0.2, -0.15) is 15.8 Å². The molecule has 0 spiro atoms. The quantitative estimate of drug-likeness (QED) is 0.181. The smallest absolute Gasteiger partial charge is 0.100 e. The molecule has 0 fully saturated rings. The van der Waals surface area contributed by atoms with Crippen LogP contribution in [0.5, 0.6) is 0 Å². The number of allylic oxidation sites excluding steroid dienone is 4. The van der Waals surface area contributed by atoms with E-state index in [4.69, 9.17) is 0 Å². The lowest BCUT2D eigenvalue weighted by Gasteiger charge is -2.20. The van der Waals surface area contributed by atoms with Crippen LogP contribution in [0.1, 0.15) is 22.3 Å². The summed E-state index contributed by atoms with van der Waals surface area (Å²) in [5, 5.41) is 34.6. The fourth-order valence-electron chi connectivity index (χ4n) is 7.34. The van der Waals surface area contributed by atoms with E-state index in [1.165, 1.54) is 10.8 Å². The molecule has 0 N–H and O–H groups in total. The topological polar surface area (TPSA) is 81.2 Å². The van der Waals surface area contributed by atoms with Gasteiger partial charge in [-0.1, -0.05) is 78.2 Å². The Bertz CT molecular complexity index is 2990. The van der Waals surface area contributed by atoms with Crippen LogP contribution in [0.4, 0.5) is 0 Å². The van der Waals surface area contributed by atoms with E-state index in [2.05, 4.69) is 112 Å². The molecule has 1 aliphatic rings. The molecule has 0 bridgehead atoms. The number of hydrogen-bond donors (Lipinski definition) is 0. The van der Waals surface area contributed by atoms with Gasteiger partial charge in [-0.25, -0.2) is 0 Å². The predicted octanol–water partition coefficient (Wildman–Crippen LogP) is 10.3. The van der Waals surface area contributed by atoms with Gasteiger partial charge in [0.05, 0.1) is 56.6 Å². The first-order chi connectivity index (χ1) is 24.7. The summed E-state index contributed by atoms with van der Waals surface area (Å²) in [7, 11) is 0. The van der Waals surface area contributed by atoms with Crippen molar-refractivity contribution in [2.75, 3.05) is 0 Å². The van der Waals surface area contributed by atoms with Crippen molar-refractivity contribution in [3.05, 3.63) is 179 Å². The number of aromatic nitrogens is 2. The van der Waals surface area contributed by atoms with Crippen molar-refractivity contribution >= 4 is 54.8 Å². The van der Waals surface area contributed by atoms with Crippen molar-refractivity contribution in [3.8, 4) is 29.6 Å². The maximum atomic E-state index is 10.6. The Balaban J connectivity index is 1.30. The monoisotopic (exact) mass is 633 g/mol. The van der Waals surface area contributed by atoms with Crippen LogP contribution in [-0.4, -0.2) is 9.13 Å². The number of para-hydroxylation sites is 3. The van der Waals surface area contributed by atoms with Gasteiger partial charge in [-0.05, 0) is 72.3 Å². The van der Waals surface area contributed by atoms with E-state index in [1.54, 1.807) is 12.1 Å². The second-order valence-electron chi connectivity index (χ2n) is 12.1. The molecule has 5 heteroatoms. The second-order valence-corrected chi connectivity index (χ2v) is 12.1. The standard InChI is InChI=1S/C45H23N5/c46-26-29-19-21-43-38(23-29)37-14-3-6-18-42(37)50(43)44-22-20-30(27-47)24-39(44)45-32(28-48)10-8-15-34(45)31-9-7-11-33(25-31)49-40-16-4-1-12-35(40)36-13-2-5-17-41(36)49/h1-7,9-14,16-25H. The Hall–Kier alpha value is -7.57. The molecule has 0 saturated carbocycles. The molecule has 0 amide bonds. The highest BCUT2D eigenvalue weighted by atomic mass is 15.0. The fraction of sp³-hybridized carbons (Fsp3) is 0. The van der Waals surface area contributed by atoms with E-state index in [9.17, 15) is 15.8 Å². The number of nitrogens with zero attached hydrogens (tertiary/aromatic N) is 5. The average Bonchev–Trinajstić information content (AvgIpc) is 3.70. The minimum atomic E-state index is 0.421. The zero-order valence-corrected chi connectivity index (χ0v) is 26.5. The van der Waals surface area contributed by atoms with Crippen molar-refractivity contribution in [1.29, 1.82) is 15.8 Å². The van der Waals surface area contributed by atoms with Crippen LogP contribution in [0.3, 0.4) is 0 Å². The molecular formula is C45H23N5. The first-order valence-corrected chi connectivity index (χ1v) is 16.1. The largest absolute Gasteiger partial charge is 0.309 e. The Morgan fingerprint density at radius 2 is 1.10 bits per heavy atom. The molecule has 50 heavy (non-hydrogen) atoms. The summed E-state index contributed by atoms with van der Waals surface area (Å²) in [6.45, 7) is 0. The molecule has 8 aromatic rings. The van der Waals surface area contributed by atoms with Crippen molar-refractivity contribution < 1.29 is 0 Å². The number of rotatable bonds is 4. The molecule has 5 nitrogen and oxygen atoms in total. The molecule has 0 radical (unpaired) electrons. The van der Waals surface area contributed by atoms with Crippen LogP contribution < -0.4 is 0 Å². The van der Waals surface area contributed by atoms with Gasteiger partial charge in [0.15, 0.2) is 0 Å². The molecule has 2 aromatic heterocycles. The van der Waals surface area contributed by atoms with Crippen molar-refractivity contribution in [3.63, 3.8) is 0 Å². The van der Waals surface area contributed by atoms with Crippen LogP contribution >= 0.6 is 0 Å². The third-order valence-corrected chi connectivity index (χ3v) is 9.46. The summed E-state index contributed by atoms with van der Waals surface area (Å²) < 4.78 is 4.42. The maximum absolute atomic E-state index is 10.6. The summed E-state index contributed by atoms with van der Waals surface area (Å²) in [6.07, 6.45) is 1.66. The minimum absolute atomic E-state index is 0.421. The number of nitriles is 3. The Morgan fingerprint density at radius 1 is 0.500 bits per heavy atom. The van der Waals surface area contributed by atoms with Gasteiger partial charge in [0.1, 0.15) is 6.07 Å². The van der Waals surface area contributed by atoms with Gasteiger partial charge in [0, 0.05) is 50.0 Å². The van der Waals surface area contributed by atoms with E-state index < -0.39 is 0 Å². The minimum Gasteiger partial charge on any atom is -0.309 e. The Morgan fingerprint density at radius 3 is 1.78 bits per heavy atom. The highest BCUT2D eigenvalue weighted by Crippen LogP contribution is 2.42. The molecule has 1 aliphatic carbocycles. The van der Waals surface area contributed by atoms with Crippen molar-refractivity contribution in [2.45, 2.75) is 0 Å². The Kier molecular flexibility index (Phi) is 6.47. The Labute approximate surface area is 287 Å². The summed E-state index contributed by atoms with van der Waals surface area (Å²) >= 11 is 0. The lowest BCUT2D eigenvalue weighted by molar-refractivity contribution is 1.17. The zero-order chi connectivity index (χ0) is 33.8. The van der Waals surface area contributed by atoms with E-state index in [0.717, 1.165) is 55.3 Å². The molecule has 0 atom stereocenters. The van der Waals surface area contributed by atoms with E-state index in [1.807, 2.05) is 54.6 Å². The van der Waals surface area contributed by atoms with Crippen LogP contribution in [0.2, 0.25) is 0 Å². The predicted molar refractivity (Wildman–Crippen MR) is 199 cm³/mol. The lowest BCUT2D eigenvalue weighted by atomic mass is 9.86. The van der Waals surface area contributed by atoms with Crippen LogP contribution in [0.25, 0.3) is 66.1 Å². The van der Waals surface area contributed by atoms with Crippen LogP contribution in [-0.2, 0) is 0 Å². The lowest BCUT2D eigenvalue weighted by Crippen LogP contribution is -2.04. The van der Waals surface area contributed by atoms with Gasteiger partial charge < -0.3 is 9.13 Å². The van der Waals surface area contributed by atoms with Crippen molar-refractivity contribution in [1.82, 2.24) is 9.13 Å². The number of hydrogen-bond acceptors (Lipinski definition) is 3. The molecule has 2 heterocycles. The average molecular weight is 634 g/mol. The summed E-state index contributed by atoms with van der Waals surface area (Å²) in [5.74, 6) is 0. The summed E-state index contributed by atoms with van der Waals surface area (Å²) in [5.41, 5.74) is 16.7. The third-order valence-electron chi connectivity index (χ3n) is 9.46. The molecule has 9 rings (SSSR count). The maximum Gasteiger partial charge on any atom is 0.100 e. The van der Waals surface area contributed by atoms with Gasteiger partial charge in [-0.15, -0.1) is 0 Å². The molecule has 6 aromatic carbocycles. The normalized spacial score (nSPS) is 12.4. The molecule has 0 unspecified atom stereocenters. The fourth-order valence-corrected chi connectivity index (χ4v) is 7.34. The van der Waals surface area contributed by atoms with E-state index >= 15 is 0 Å².